The second kappa shape index (κ2) is 3.09. The van der Waals surface area contributed by atoms with Crippen molar-refractivity contribution in [1.82, 2.24) is 19.6 Å². The van der Waals surface area contributed by atoms with E-state index in [1.165, 1.54) is 6.33 Å². The zero-order valence-corrected chi connectivity index (χ0v) is 7.60. The molecule has 0 amide bonds. The fraction of sp³-hybridized carbons (Fsp3) is 0. The van der Waals surface area contributed by atoms with Gasteiger partial charge in [0.1, 0.15) is 6.33 Å². The number of hydrogen-bond donors (Lipinski definition) is 0. The maximum Gasteiger partial charge on any atom is 1.00 e. The van der Waals surface area contributed by atoms with Crippen LogP contribution in [0.25, 0.3) is 5.78 Å². The van der Waals surface area contributed by atoms with Gasteiger partial charge in [-0.3, -0.25) is 0 Å². The topological polar surface area (TPSA) is 43.1 Å². The SMILES string of the molecule is [Na+].c1cnc2ncnn2c1. The molecule has 0 radical (unpaired) electrons. The molecule has 0 saturated heterocycles. The van der Waals surface area contributed by atoms with Crippen molar-refractivity contribution in [2.24, 2.45) is 0 Å². The summed E-state index contributed by atoms with van der Waals surface area (Å²) in [5, 5.41) is 3.86. The molecule has 44 valence electrons. The Morgan fingerprint density at radius 1 is 1.30 bits per heavy atom. The van der Waals surface area contributed by atoms with Crippen LogP contribution >= 0.6 is 0 Å². The fourth-order valence-corrected chi connectivity index (χ4v) is 0.671. The second-order valence-corrected chi connectivity index (χ2v) is 1.62. The Hall–Kier alpha value is -0.450. The molecule has 5 heteroatoms. The molecule has 0 spiro atoms. The van der Waals surface area contributed by atoms with Crippen LogP contribution in [0.3, 0.4) is 0 Å². The van der Waals surface area contributed by atoms with Crippen LogP contribution in [0, 0.1) is 0 Å². The summed E-state index contributed by atoms with van der Waals surface area (Å²) in [5.41, 5.74) is 0. The summed E-state index contributed by atoms with van der Waals surface area (Å²) in [4.78, 5) is 7.79. The Balaban J connectivity index is 0.000000500. The summed E-state index contributed by atoms with van der Waals surface area (Å²) in [6.45, 7) is 0. The second-order valence-electron chi connectivity index (χ2n) is 1.62. The first-order chi connectivity index (χ1) is 4.47. The van der Waals surface area contributed by atoms with Gasteiger partial charge in [0.2, 0.25) is 0 Å². The predicted octanol–water partition coefficient (Wildman–Crippen LogP) is -2.87. The zero-order valence-electron chi connectivity index (χ0n) is 5.60. The molecule has 2 aromatic rings. The first kappa shape index (κ1) is 7.65. The van der Waals surface area contributed by atoms with Crippen molar-refractivity contribution < 1.29 is 29.6 Å². The molecule has 0 aliphatic carbocycles. The summed E-state index contributed by atoms with van der Waals surface area (Å²) >= 11 is 0. The predicted molar refractivity (Wildman–Crippen MR) is 30.8 cm³/mol. The van der Waals surface area contributed by atoms with E-state index in [1.54, 1.807) is 16.9 Å². The molecule has 0 fully saturated rings. The average molecular weight is 143 g/mol. The van der Waals surface area contributed by atoms with Crippen molar-refractivity contribution in [3.8, 4) is 0 Å². The summed E-state index contributed by atoms with van der Waals surface area (Å²) in [6.07, 6.45) is 4.96. The van der Waals surface area contributed by atoms with E-state index in [-0.39, 0.29) is 29.6 Å². The molecule has 0 aliphatic heterocycles. The van der Waals surface area contributed by atoms with Crippen molar-refractivity contribution in [3.63, 3.8) is 0 Å². The summed E-state index contributed by atoms with van der Waals surface area (Å²) < 4.78 is 1.61. The first-order valence-electron chi connectivity index (χ1n) is 2.57. The molecule has 0 unspecified atom stereocenters. The summed E-state index contributed by atoms with van der Waals surface area (Å²) in [7, 11) is 0. The van der Waals surface area contributed by atoms with Gasteiger partial charge in [0, 0.05) is 12.4 Å². The van der Waals surface area contributed by atoms with E-state index in [9.17, 15) is 0 Å². The van der Waals surface area contributed by atoms with Gasteiger partial charge in [0.05, 0.1) is 0 Å². The molecule has 10 heavy (non-hydrogen) atoms. The molecule has 0 atom stereocenters. The van der Waals surface area contributed by atoms with Gasteiger partial charge in [-0.05, 0) is 6.07 Å². The number of hydrogen-bond acceptors (Lipinski definition) is 3. The Morgan fingerprint density at radius 2 is 2.20 bits per heavy atom. The summed E-state index contributed by atoms with van der Waals surface area (Å²) in [6, 6.07) is 1.81. The first-order valence-corrected chi connectivity index (χ1v) is 2.57. The standard InChI is InChI=1S/C5H4N4.Na/c1-2-6-5-7-4-8-9(5)3-1;/h1-4H;/q;+1. The van der Waals surface area contributed by atoms with E-state index >= 15 is 0 Å². The molecule has 2 heterocycles. The van der Waals surface area contributed by atoms with Crippen LogP contribution in [0.1, 0.15) is 0 Å². The van der Waals surface area contributed by atoms with Crippen molar-refractivity contribution >= 4 is 5.78 Å². The van der Waals surface area contributed by atoms with Crippen molar-refractivity contribution in [1.29, 1.82) is 0 Å². The van der Waals surface area contributed by atoms with Crippen molar-refractivity contribution in [2.45, 2.75) is 0 Å². The van der Waals surface area contributed by atoms with Gasteiger partial charge in [0.15, 0.2) is 0 Å². The van der Waals surface area contributed by atoms with Crippen LogP contribution < -0.4 is 29.6 Å². The molecule has 2 rings (SSSR count). The van der Waals surface area contributed by atoms with Gasteiger partial charge in [-0.2, -0.15) is 10.1 Å². The maximum absolute atomic E-state index is 3.93. The van der Waals surface area contributed by atoms with Gasteiger partial charge >= 0.3 is 29.6 Å². The minimum Gasteiger partial charge on any atom is -0.220 e. The van der Waals surface area contributed by atoms with Crippen LogP contribution in [-0.4, -0.2) is 19.6 Å². The maximum atomic E-state index is 3.93. The smallest absolute Gasteiger partial charge is 0.220 e. The molecule has 0 bridgehead atoms. The van der Waals surface area contributed by atoms with Gasteiger partial charge in [-0.15, -0.1) is 0 Å². The quantitative estimate of drug-likeness (QED) is 0.372. The molecule has 0 aliphatic rings. The fourth-order valence-electron chi connectivity index (χ4n) is 0.671. The zero-order chi connectivity index (χ0) is 6.10. The van der Waals surface area contributed by atoms with E-state index in [1.807, 2.05) is 6.07 Å². The minimum absolute atomic E-state index is 0. The van der Waals surface area contributed by atoms with Crippen molar-refractivity contribution in [2.75, 3.05) is 0 Å². The van der Waals surface area contributed by atoms with Crippen molar-refractivity contribution in [3.05, 3.63) is 24.8 Å². The molecule has 2 aromatic heterocycles. The Morgan fingerprint density at radius 3 is 3.00 bits per heavy atom. The van der Waals surface area contributed by atoms with Crippen LogP contribution in [0.2, 0.25) is 0 Å². The molecule has 0 aromatic carbocycles. The average Bonchev–Trinajstić information content (AvgIpc) is 2.33. The van der Waals surface area contributed by atoms with Gasteiger partial charge in [-0.25, -0.2) is 9.50 Å². The van der Waals surface area contributed by atoms with E-state index in [2.05, 4.69) is 15.1 Å². The van der Waals surface area contributed by atoms with Crippen LogP contribution in [0.4, 0.5) is 0 Å². The number of aromatic nitrogens is 4. The van der Waals surface area contributed by atoms with Gasteiger partial charge in [0.25, 0.3) is 5.78 Å². The minimum atomic E-state index is 0. The van der Waals surface area contributed by atoms with E-state index < -0.39 is 0 Å². The molecular formula is C5H4N4Na+. The molecule has 4 nitrogen and oxygen atoms in total. The Kier molecular flexibility index (Phi) is 2.37. The largest absolute Gasteiger partial charge is 1.00 e. The normalized spacial score (nSPS) is 9.20. The van der Waals surface area contributed by atoms with Gasteiger partial charge in [-0.1, -0.05) is 0 Å². The summed E-state index contributed by atoms with van der Waals surface area (Å²) in [5.74, 6) is 0.637. The molecule has 0 saturated carbocycles. The number of fused-ring (bicyclic) bond motifs is 1. The molecule has 0 N–H and O–H groups in total. The van der Waals surface area contributed by atoms with Crippen LogP contribution in [0.15, 0.2) is 24.8 Å². The third-order valence-corrected chi connectivity index (χ3v) is 1.06. The molecular weight excluding hydrogens is 139 g/mol. The Bertz CT molecular complexity index is 288. The van der Waals surface area contributed by atoms with Crippen LogP contribution in [-0.2, 0) is 0 Å². The monoisotopic (exact) mass is 143 g/mol. The third kappa shape index (κ3) is 1.18. The van der Waals surface area contributed by atoms with E-state index in [0.29, 0.717) is 5.78 Å². The Labute approximate surface area is 79.6 Å². The van der Waals surface area contributed by atoms with Gasteiger partial charge < -0.3 is 0 Å². The van der Waals surface area contributed by atoms with Crippen LogP contribution in [0.5, 0.6) is 0 Å². The van der Waals surface area contributed by atoms with E-state index in [0.717, 1.165) is 0 Å². The third-order valence-electron chi connectivity index (χ3n) is 1.06. The number of nitrogens with zero attached hydrogens (tertiary/aromatic N) is 4. The number of rotatable bonds is 0. The van der Waals surface area contributed by atoms with E-state index in [4.69, 9.17) is 0 Å².